The average molecular weight is 467 g/mol. The van der Waals surface area contributed by atoms with Crippen molar-refractivity contribution in [2.45, 2.75) is 30.3 Å². The molecule has 0 aliphatic carbocycles. The monoisotopic (exact) mass is 466 g/mol. The molecule has 7 heteroatoms. The molecule has 2 aliphatic heterocycles. The zero-order valence-electron chi connectivity index (χ0n) is 18.6. The van der Waals surface area contributed by atoms with Crippen LogP contribution < -0.4 is 4.90 Å². The number of nitrogens with zero attached hydrogens (tertiary/aromatic N) is 2. The second kappa shape index (κ2) is 8.24. The van der Waals surface area contributed by atoms with Crippen LogP contribution in [0.15, 0.2) is 71.6 Å². The van der Waals surface area contributed by atoms with Crippen LogP contribution in [-0.4, -0.2) is 44.1 Å². The minimum atomic E-state index is -3.74. The van der Waals surface area contributed by atoms with Crippen molar-refractivity contribution in [3.8, 4) is 11.1 Å². The van der Waals surface area contributed by atoms with E-state index in [0.717, 1.165) is 22.4 Å². The second-order valence-corrected chi connectivity index (χ2v) is 10.8. The zero-order valence-corrected chi connectivity index (χ0v) is 19.5. The molecule has 1 saturated heterocycles. The molecule has 0 unspecified atom stereocenters. The number of hydrogen-bond acceptors (Lipinski definition) is 4. The van der Waals surface area contributed by atoms with Crippen molar-refractivity contribution in [2.75, 3.05) is 25.1 Å². The van der Waals surface area contributed by atoms with Gasteiger partial charge in [0.2, 0.25) is 10.0 Å². The molecular formula is C26H27FN2O3S. The Morgan fingerprint density at radius 3 is 2.52 bits per heavy atom. The molecule has 3 atom stereocenters. The molecule has 5 nitrogen and oxygen atoms in total. The molecule has 172 valence electrons. The van der Waals surface area contributed by atoms with E-state index >= 15 is 0 Å². The van der Waals surface area contributed by atoms with Crippen LogP contribution in [0, 0.1) is 18.7 Å². The number of halogens is 1. The highest BCUT2D eigenvalue weighted by Gasteiger charge is 2.50. The Labute approximate surface area is 194 Å². The summed E-state index contributed by atoms with van der Waals surface area (Å²) in [7, 11) is -1.80. The van der Waals surface area contributed by atoms with Crippen LogP contribution in [-0.2, 0) is 10.0 Å². The maximum absolute atomic E-state index is 13.9. The van der Waals surface area contributed by atoms with Crippen molar-refractivity contribution in [2.24, 2.45) is 5.92 Å². The number of fused-ring (bicyclic) bond motifs is 3. The first-order valence-electron chi connectivity index (χ1n) is 11.1. The Hall–Kier alpha value is -2.74. The largest absolute Gasteiger partial charge is 0.394 e. The van der Waals surface area contributed by atoms with Gasteiger partial charge in [0.15, 0.2) is 0 Å². The number of rotatable bonds is 4. The SMILES string of the molecule is Cc1ccccc1S(=O)(=O)N1CC[C@@H]2[C@@H](CO)N(C)c3ccc(-c4cccc(F)c4)cc3[C@@H]21. The van der Waals surface area contributed by atoms with Crippen molar-refractivity contribution in [1.82, 2.24) is 4.31 Å². The van der Waals surface area contributed by atoms with E-state index in [1.807, 2.05) is 50.4 Å². The molecule has 5 rings (SSSR count). The lowest BCUT2D eigenvalue weighted by atomic mass is 9.81. The Morgan fingerprint density at radius 2 is 1.79 bits per heavy atom. The third-order valence-electron chi connectivity index (χ3n) is 7.14. The fraction of sp³-hybridized carbons (Fsp3) is 0.308. The molecule has 0 radical (unpaired) electrons. The predicted octanol–water partition coefficient (Wildman–Crippen LogP) is 4.36. The first kappa shape index (κ1) is 22.1. The summed E-state index contributed by atoms with van der Waals surface area (Å²) in [6, 6.07) is 18.7. The van der Waals surface area contributed by atoms with Crippen LogP contribution >= 0.6 is 0 Å². The summed E-state index contributed by atoms with van der Waals surface area (Å²) in [6.45, 7) is 2.14. The van der Waals surface area contributed by atoms with Gasteiger partial charge in [-0.3, -0.25) is 0 Å². The van der Waals surface area contributed by atoms with Crippen molar-refractivity contribution in [1.29, 1.82) is 0 Å². The fourth-order valence-corrected chi connectivity index (χ4v) is 7.39. The number of likely N-dealkylation sites (N-methyl/N-ethyl adjacent to an activating group) is 1. The van der Waals surface area contributed by atoms with Crippen LogP contribution in [0.25, 0.3) is 11.1 Å². The van der Waals surface area contributed by atoms with Gasteiger partial charge in [-0.15, -0.1) is 0 Å². The Morgan fingerprint density at radius 1 is 1.03 bits per heavy atom. The zero-order chi connectivity index (χ0) is 23.3. The third-order valence-corrected chi connectivity index (χ3v) is 9.18. The molecule has 3 aromatic rings. The minimum Gasteiger partial charge on any atom is -0.394 e. The summed E-state index contributed by atoms with van der Waals surface area (Å²) in [5.74, 6) is -0.362. The van der Waals surface area contributed by atoms with E-state index in [-0.39, 0.29) is 24.4 Å². The number of aliphatic hydroxyl groups is 1. The topological polar surface area (TPSA) is 60.9 Å². The molecule has 0 saturated carbocycles. The van der Waals surface area contributed by atoms with E-state index in [1.165, 1.54) is 12.1 Å². The summed E-state index contributed by atoms with van der Waals surface area (Å²) >= 11 is 0. The molecule has 0 bridgehead atoms. The van der Waals surface area contributed by atoms with Gasteiger partial charge in [0.25, 0.3) is 0 Å². The van der Waals surface area contributed by atoms with E-state index < -0.39 is 16.1 Å². The summed E-state index contributed by atoms with van der Waals surface area (Å²) in [5.41, 5.74) is 4.07. The number of aliphatic hydroxyl groups excluding tert-OH is 1. The molecule has 2 heterocycles. The normalized spacial score (nSPS) is 22.8. The van der Waals surface area contributed by atoms with Crippen molar-refractivity contribution < 1.29 is 17.9 Å². The standard InChI is InChI=1S/C26H27FN2O3S/c1-17-6-3-4-9-25(17)33(31,32)29-13-12-21-24(16-30)28(2)23-11-10-19(15-22(23)26(21)29)18-7-5-8-20(27)14-18/h3-11,14-15,21,24,26,30H,12-13,16H2,1-2H3/t21-,24-,26-/m1/s1. The highest BCUT2D eigenvalue weighted by molar-refractivity contribution is 7.89. The molecule has 0 aromatic heterocycles. The van der Waals surface area contributed by atoms with E-state index in [0.29, 0.717) is 23.4 Å². The smallest absolute Gasteiger partial charge is 0.243 e. The minimum absolute atomic E-state index is 0.0472. The molecule has 1 fully saturated rings. The maximum atomic E-state index is 13.9. The predicted molar refractivity (Wildman–Crippen MR) is 127 cm³/mol. The van der Waals surface area contributed by atoms with Gasteiger partial charge in [0.05, 0.1) is 23.6 Å². The highest BCUT2D eigenvalue weighted by atomic mass is 32.2. The molecule has 3 aromatic carbocycles. The van der Waals surface area contributed by atoms with Gasteiger partial charge in [-0.2, -0.15) is 4.31 Å². The van der Waals surface area contributed by atoms with Crippen molar-refractivity contribution in [3.63, 3.8) is 0 Å². The number of sulfonamides is 1. The summed E-state index contributed by atoms with van der Waals surface area (Å²) < 4.78 is 43.1. The van der Waals surface area contributed by atoms with Gasteiger partial charge < -0.3 is 10.0 Å². The number of anilines is 1. The van der Waals surface area contributed by atoms with Crippen LogP contribution in [0.2, 0.25) is 0 Å². The van der Waals surface area contributed by atoms with E-state index in [1.54, 1.807) is 22.5 Å². The lowest BCUT2D eigenvalue weighted by Gasteiger charge is -2.44. The van der Waals surface area contributed by atoms with E-state index in [9.17, 15) is 17.9 Å². The van der Waals surface area contributed by atoms with Gasteiger partial charge >= 0.3 is 0 Å². The summed E-state index contributed by atoms with van der Waals surface area (Å²) in [4.78, 5) is 2.36. The van der Waals surface area contributed by atoms with Gasteiger partial charge in [-0.1, -0.05) is 36.4 Å². The third kappa shape index (κ3) is 3.55. The number of benzene rings is 3. The molecule has 0 spiro atoms. The van der Waals surface area contributed by atoms with Gasteiger partial charge in [-0.25, -0.2) is 12.8 Å². The van der Waals surface area contributed by atoms with Crippen LogP contribution in [0.5, 0.6) is 0 Å². The van der Waals surface area contributed by atoms with Crippen LogP contribution in [0.4, 0.5) is 10.1 Å². The number of aryl methyl sites for hydroxylation is 1. The van der Waals surface area contributed by atoms with Gasteiger partial charge in [-0.05, 0) is 65.9 Å². The van der Waals surface area contributed by atoms with Crippen molar-refractivity contribution >= 4 is 15.7 Å². The molecular weight excluding hydrogens is 439 g/mol. The summed E-state index contributed by atoms with van der Waals surface area (Å²) in [6.07, 6.45) is 0.662. The lowest BCUT2D eigenvalue weighted by molar-refractivity contribution is 0.193. The first-order chi connectivity index (χ1) is 15.8. The highest BCUT2D eigenvalue weighted by Crippen LogP contribution is 2.51. The quantitative estimate of drug-likeness (QED) is 0.621. The van der Waals surface area contributed by atoms with Gasteiger partial charge in [0.1, 0.15) is 5.82 Å². The maximum Gasteiger partial charge on any atom is 0.243 e. The lowest BCUT2D eigenvalue weighted by Crippen LogP contribution is -2.48. The van der Waals surface area contributed by atoms with Crippen molar-refractivity contribution in [3.05, 3.63) is 83.7 Å². The Balaban J connectivity index is 1.67. The molecule has 2 aliphatic rings. The second-order valence-electron chi connectivity index (χ2n) is 8.92. The molecule has 0 amide bonds. The Bertz CT molecular complexity index is 1310. The van der Waals surface area contributed by atoms with E-state index in [4.69, 9.17) is 0 Å². The first-order valence-corrected chi connectivity index (χ1v) is 12.6. The fourth-order valence-electron chi connectivity index (χ4n) is 5.50. The van der Waals surface area contributed by atoms with Gasteiger partial charge in [0, 0.05) is 25.2 Å². The average Bonchev–Trinajstić information content (AvgIpc) is 3.25. The van der Waals surface area contributed by atoms with Crippen LogP contribution in [0.3, 0.4) is 0 Å². The Kier molecular flexibility index (Phi) is 5.51. The number of hydrogen-bond donors (Lipinski definition) is 1. The summed E-state index contributed by atoms with van der Waals surface area (Å²) in [5, 5.41) is 10.2. The van der Waals surface area contributed by atoms with Crippen LogP contribution in [0.1, 0.15) is 23.6 Å². The molecule has 1 N–H and O–H groups in total. The molecule has 33 heavy (non-hydrogen) atoms. The van der Waals surface area contributed by atoms with E-state index in [2.05, 4.69) is 4.90 Å².